The normalized spacial score (nSPS) is 25.9. The van der Waals surface area contributed by atoms with E-state index in [1.54, 1.807) is 27.7 Å². The molecular weight excluding hydrogens is 266 g/mol. The summed E-state index contributed by atoms with van der Waals surface area (Å²) in [6.45, 7) is 8.40. The number of nitrogens with one attached hydrogen (secondary N) is 1. The zero-order valence-corrected chi connectivity index (χ0v) is 12.7. The maximum absolute atomic E-state index is 12.8. The van der Waals surface area contributed by atoms with Crippen molar-refractivity contribution < 1.29 is 18.4 Å². The van der Waals surface area contributed by atoms with Crippen molar-refractivity contribution in [3.8, 4) is 0 Å². The number of nitrogens with zero attached hydrogens (tertiary/aromatic N) is 1. The average molecular weight is 290 g/mol. The highest BCUT2D eigenvalue weighted by molar-refractivity contribution is 5.97. The average Bonchev–Trinajstić information content (AvgIpc) is 2.30. The fraction of sp³-hybridized carbons (Fsp3) is 0.857. The Morgan fingerprint density at radius 2 is 1.85 bits per heavy atom. The summed E-state index contributed by atoms with van der Waals surface area (Å²) in [4.78, 5) is 25.8. The summed E-state index contributed by atoms with van der Waals surface area (Å²) in [6, 6.07) is -1.56. The second kappa shape index (κ2) is 6.06. The van der Waals surface area contributed by atoms with Crippen molar-refractivity contribution in [2.75, 3.05) is 6.54 Å². The van der Waals surface area contributed by atoms with Gasteiger partial charge in [0.25, 0.3) is 6.43 Å². The van der Waals surface area contributed by atoms with E-state index in [2.05, 4.69) is 5.32 Å². The Hall–Kier alpha value is -1.20. The monoisotopic (exact) mass is 290 g/mol. The van der Waals surface area contributed by atoms with Crippen LogP contribution in [0.1, 0.15) is 41.0 Å². The molecular formula is C14H24F2N2O2. The third-order valence-corrected chi connectivity index (χ3v) is 3.80. The number of piperazine rings is 1. The first-order valence-electron chi connectivity index (χ1n) is 6.98. The molecule has 0 aliphatic carbocycles. The molecule has 20 heavy (non-hydrogen) atoms. The molecule has 1 saturated heterocycles. The summed E-state index contributed by atoms with van der Waals surface area (Å²) in [5, 5.41) is 2.70. The van der Waals surface area contributed by atoms with Crippen molar-refractivity contribution in [1.82, 2.24) is 10.2 Å². The van der Waals surface area contributed by atoms with Gasteiger partial charge in [-0.3, -0.25) is 9.59 Å². The summed E-state index contributed by atoms with van der Waals surface area (Å²) < 4.78 is 25.5. The first kappa shape index (κ1) is 16.9. The van der Waals surface area contributed by atoms with Gasteiger partial charge >= 0.3 is 0 Å². The second-order valence-electron chi connectivity index (χ2n) is 6.52. The lowest BCUT2D eigenvalue weighted by Gasteiger charge is -2.45. The smallest absolute Gasteiger partial charge is 0.255 e. The summed E-state index contributed by atoms with van der Waals surface area (Å²) in [5.41, 5.74) is -0.506. The zero-order chi connectivity index (χ0) is 15.7. The number of halogens is 2. The third kappa shape index (κ3) is 3.46. The second-order valence-corrected chi connectivity index (χ2v) is 6.52. The quantitative estimate of drug-likeness (QED) is 0.861. The van der Waals surface area contributed by atoms with Gasteiger partial charge in [-0.2, -0.15) is 0 Å². The summed E-state index contributed by atoms with van der Waals surface area (Å²) in [7, 11) is 0. The molecule has 1 rings (SSSR count). The lowest BCUT2D eigenvalue weighted by Crippen LogP contribution is -2.68. The van der Waals surface area contributed by atoms with E-state index in [-0.39, 0.29) is 11.8 Å². The highest BCUT2D eigenvalue weighted by Crippen LogP contribution is 2.28. The van der Waals surface area contributed by atoms with Crippen molar-refractivity contribution in [1.29, 1.82) is 0 Å². The van der Waals surface area contributed by atoms with Crippen LogP contribution in [0.3, 0.4) is 0 Å². The van der Waals surface area contributed by atoms with E-state index in [0.717, 1.165) is 4.90 Å². The van der Waals surface area contributed by atoms with Gasteiger partial charge in [0.2, 0.25) is 11.8 Å². The van der Waals surface area contributed by atoms with Crippen LogP contribution in [0.5, 0.6) is 0 Å². The number of carbonyl (C=O) groups is 2. The van der Waals surface area contributed by atoms with Crippen LogP contribution in [-0.2, 0) is 9.59 Å². The molecule has 0 aromatic rings. The van der Waals surface area contributed by atoms with Gasteiger partial charge in [0.1, 0.15) is 12.1 Å². The van der Waals surface area contributed by atoms with Crippen LogP contribution in [0.25, 0.3) is 0 Å². The van der Waals surface area contributed by atoms with Crippen LogP contribution < -0.4 is 5.32 Å². The standard InChI is InChI=1S/C14H24F2N2O2/c1-6-8(2)10-12(19)17-11(14(3,4)5)13(20)18(10)7-9(15)16/h8-11H,6-7H2,1-5H3,(H,17,19). The number of hydrogen-bond acceptors (Lipinski definition) is 2. The van der Waals surface area contributed by atoms with E-state index in [4.69, 9.17) is 0 Å². The molecule has 116 valence electrons. The van der Waals surface area contributed by atoms with Crippen LogP contribution >= 0.6 is 0 Å². The third-order valence-electron chi connectivity index (χ3n) is 3.80. The zero-order valence-electron chi connectivity index (χ0n) is 12.7. The van der Waals surface area contributed by atoms with E-state index in [1.165, 1.54) is 0 Å². The molecule has 3 atom stereocenters. The summed E-state index contributed by atoms with van der Waals surface area (Å²) in [5.74, 6) is -0.902. The Bertz CT molecular complexity index is 380. The Morgan fingerprint density at radius 3 is 2.25 bits per heavy atom. The minimum absolute atomic E-state index is 0.154. The maximum Gasteiger partial charge on any atom is 0.255 e. The van der Waals surface area contributed by atoms with Gasteiger partial charge in [0, 0.05) is 0 Å². The molecule has 0 saturated carbocycles. The Balaban J connectivity index is 3.11. The molecule has 1 fully saturated rings. The molecule has 1 N–H and O–H groups in total. The van der Waals surface area contributed by atoms with Crippen molar-refractivity contribution in [3.63, 3.8) is 0 Å². The van der Waals surface area contributed by atoms with Crippen LogP contribution in [0.2, 0.25) is 0 Å². The molecule has 1 aliphatic rings. The molecule has 0 aromatic heterocycles. The highest BCUT2D eigenvalue weighted by atomic mass is 19.3. The van der Waals surface area contributed by atoms with E-state index < -0.39 is 36.4 Å². The van der Waals surface area contributed by atoms with Crippen LogP contribution in [-0.4, -0.2) is 41.8 Å². The van der Waals surface area contributed by atoms with Crippen molar-refractivity contribution in [2.24, 2.45) is 11.3 Å². The topological polar surface area (TPSA) is 49.4 Å². The number of alkyl halides is 2. The Morgan fingerprint density at radius 1 is 1.30 bits per heavy atom. The van der Waals surface area contributed by atoms with Crippen LogP contribution in [0.15, 0.2) is 0 Å². The first-order valence-corrected chi connectivity index (χ1v) is 6.98. The van der Waals surface area contributed by atoms with Crippen molar-refractivity contribution in [2.45, 2.75) is 59.5 Å². The van der Waals surface area contributed by atoms with Gasteiger partial charge in [-0.15, -0.1) is 0 Å². The lowest BCUT2D eigenvalue weighted by atomic mass is 9.82. The van der Waals surface area contributed by atoms with Crippen LogP contribution in [0, 0.1) is 11.3 Å². The molecule has 0 bridgehead atoms. The van der Waals surface area contributed by atoms with Gasteiger partial charge in [-0.25, -0.2) is 8.78 Å². The molecule has 0 aromatic carbocycles. The van der Waals surface area contributed by atoms with Gasteiger partial charge in [0.15, 0.2) is 0 Å². The predicted octanol–water partition coefficient (Wildman–Crippen LogP) is 2.04. The number of hydrogen-bond donors (Lipinski definition) is 1. The number of amides is 2. The van der Waals surface area contributed by atoms with Gasteiger partial charge in [-0.1, -0.05) is 41.0 Å². The highest BCUT2D eigenvalue weighted by Gasteiger charge is 2.47. The molecule has 4 nitrogen and oxygen atoms in total. The molecule has 2 amide bonds. The molecule has 0 spiro atoms. The number of rotatable bonds is 4. The van der Waals surface area contributed by atoms with Gasteiger partial charge in [-0.05, 0) is 11.3 Å². The largest absolute Gasteiger partial charge is 0.342 e. The molecule has 6 heteroatoms. The van der Waals surface area contributed by atoms with E-state index in [0.29, 0.717) is 6.42 Å². The minimum Gasteiger partial charge on any atom is -0.342 e. The number of carbonyl (C=O) groups excluding carboxylic acids is 2. The fourth-order valence-electron chi connectivity index (χ4n) is 2.46. The Kier molecular flexibility index (Phi) is 5.10. The lowest BCUT2D eigenvalue weighted by molar-refractivity contribution is -0.156. The first-order chi connectivity index (χ1) is 9.09. The van der Waals surface area contributed by atoms with Crippen molar-refractivity contribution >= 4 is 11.8 Å². The predicted molar refractivity (Wildman–Crippen MR) is 72.3 cm³/mol. The van der Waals surface area contributed by atoms with E-state index in [9.17, 15) is 18.4 Å². The van der Waals surface area contributed by atoms with E-state index in [1.807, 2.05) is 6.92 Å². The molecule has 0 radical (unpaired) electrons. The van der Waals surface area contributed by atoms with Crippen molar-refractivity contribution in [3.05, 3.63) is 0 Å². The van der Waals surface area contributed by atoms with E-state index >= 15 is 0 Å². The SMILES string of the molecule is CCC(C)C1C(=O)NC(C(C)(C)C)C(=O)N1CC(F)F. The van der Waals surface area contributed by atoms with Gasteiger partial charge in [0.05, 0.1) is 6.54 Å². The summed E-state index contributed by atoms with van der Waals surface area (Å²) in [6.07, 6.45) is -2.00. The fourth-order valence-corrected chi connectivity index (χ4v) is 2.46. The maximum atomic E-state index is 12.8. The molecule has 1 aliphatic heterocycles. The van der Waals surface area contributed by atoms with Crippen LogP contribution in [0.4, 0.5) is 8.78 Å². The Labute approximate surface area is 118 Å². The summed E-state index contributed by atoms with van der Waals surface area (Å²) >= 11 is 0. The molecule has 1 heterocycles. The minimum atomic E-state index is -2.64. The molecule has 3 unspecified atom stereocenters. The van der Waals surface area contributed by atoms with Gasteiger partial charge < -0.3 is 10.2 Å².